The van der Waals surface area contributed by atoms with Crippen molar-refractivity contribution in [3.05, 3.63) is 24.2 Å². The van der Waals surface area contributed by atoms with Crippen molar-refractivity contribution in [2.75, 3.05) is 19.6 Å². The van der Waals surface area contributed by atoms with Gasteiger partial charge in [0.15, 0.2) is 0 Å². The molecule has 1 rings (SSSR count). The maximum Gasteiger partial charge on any atom is 0.221 e. The van der Waals surface area contributed by atoms with Gasteiger partial charge in [0, 0.05) is 25.6 Å². The molecule has 108 valence electrons. The molecule has 5 nitrogen and oxygen atoms in total. The predicted molar refractivity (Wildman–Crippen MR) is 75.6 cm³/mol. The zero-order valence-electron chi connectivity index (χ0n) is 11.9. The summed E-state index contributed by atoms with van der Waals surface area (Å²) in [6.07, 6.45) is 3.04. The van der Waals surface area contributed by atoms with Gasteiger partial charge in [0.25, 0.3) is 0 Å². The molecule has 1 amide bonds. The Morgan fingerprint density at radius 1 is 1.53 bits per heavy atom. The minimum Gasteiger partial charge on any atom is -0.468 e. The lowest BCUT2D eigenvalue weighted by Gasteiger charge is -2.28. The van der Waals surface area contributed by atoms with Gasteiger partial charge >= 0.3 is 0 Å². The summed E-state index contributed by atoms with van der Waals surface area (Å²) in [7, 11) is 0. The first-order valence-electron chi connectivity index (χ1n) is 6.94. The maximum atomic E-state index is 11.8. The number of nitrogens with one attached hydrogen (secondary N) is 1. The Hall–Kier alpha value is -1.33. The number of carbonyl (C=O) groups is 1. The highest BCUT2D eigenvalue weighted by Gasteiger charge is 2.19. The first-order valence-corrected chi connectivity index (χ1v) is 6.94. The number of carbonyl (C=O) groups excluding carboxylic acids is 1. The molecule has 0 aromatic carbocycles. The highest BCUT2D eigenvalue weighted by atomic mass is 16.3. The fourth-order valence-corrected chi connectivity index (χ4v) is 2.01. The van der Waals surface area contributed by atoms with Crippen LogP contribution in [0.2, 0.25) is 0 Å². The van der Waals surface area contributed by atoms with Gasteiger partial charge in [-0.25, -0.2) is 0 Å². The molecular weight excluding hydrogens is 242 g/mol. The van der Waals surface area contributed by atoms with Crippen LogP contribution in [0, 0.1) is 0 Å². The molecule has 0 aliphatic rings. The Balaban J connectivity index is 2.52. The van der Waals surface area contributed by atoms with Gasteiger partial charge in [0.2, 0.25) is 5.91 Å². The average Bonchev–Trinajstić information content (AvgIpc) is 2.93. The van der Waals surface area contributed by atoms with Crippen LogP contribution in [0.15, 0.2) is 22.8 Å². The Bertz CT molecular complexity index is 352. The van der Waals surface area contributed by atoms with E-state index >= 15 is 0 Å². The second-order valence-corrected chi connectivity index (χ2v) is 4.59. The van der Waals surface area contributed by atoms with Crippen molar-refractivity contribution < 1.29 is 9.21 Å². The molecular formula is C14H25N3O2. The Morgan fingerprint density at radius 3 is 2.84 bits per heavy atom. The normalized spacial score (nSPS) is 12.6. The van der Waals surface area contributed by atoms with Gasteiger partial charge in [-0.3, -0.25) is 9.69 Å². The van der Waals surface area contributed by atoms with E-state index in [4.69, 9.17) is 10.2 Å². The van der Waals surface area contributed by atoms with Gasteiger partial charge in [-0.05, 0) is 25.1 Å². The summed E-state index contributed by atoms with van der Waals surface area (Å²) in [4.78, 5) is 13.9. The molecule has 0 radical (unpaired) electrons. The summed E-state index contributed by atoms with van der Waals surface area (Å²) < 4.78 is 5.35. The topological polar surface area (TPSA) is 71.5 Å². The maximum absolute atomic E-state index is 11.8. The van der Waals surface area contributed by atoms with Crippen molar-refractivity contribution in [1.29, 1.82) is 0 Å². The third-order valence-corrected chi connectivity index (χ3v) is 3.13. The molecule has 1 aromatic heterocycles. The Labute approximate surface area is 115 Å². The molecule has 0 saturated carbocycles. The summed E-state index contributed by atoms with van der Waals surface area (Å²) in [5.74, 6) is 0.962. The standard InChI is InChI=1S/C14H25N3O2/c1-3-7-16-14(18)9-12(10-15)17(4-2)11-13-6-5-8-19-13/h5-6,8,12H,3-4,7,9-11,15H2,1-2H3,(H,16,18). The van der Waals surface area contributed by atoms with Gasteiger partial charge < -0.3 is 15.5 Å². The lowest BCUT2D eigenvalue weighted by molar-refractivity contribution is -0.122. The molecule has 1 unspecified atom stereocenters. The number of rotatable bonds is 9. The van der Waals surface area contributed by atoms with Crippen LogP contribution in [0.3, 0.4) is 0 Å². The molecule has 0 saturated heterocycles. The van der Waals surface area contributed by atoms with E-state index in [2.05, 4.69) is 17.1 Å². The second kappa shape index (κ2) is 8.72. The molecule has 0 aliphatic carbocycles. The lowest BCUT2D eigenvalue weighted by atomic mass is 10.1. The summed E-state index contributed by atoms with van der Waals surface area (Å²) in [6, 6.07) is 3.86. The fourth-order valence-electron chi connectivity index (χ4n) is 2.01. The van der Waals surface area contributed by atoms with Gasteiger partial charge in [-0.2, -0.15) is 0 Å². The van der Waals surface area contributed by atoms with Gasteiger partial charge in [0.1, 0.15) is 5.76 Å². The van der Waals surface area contributed by atoms with E-state index in [1.54, 1.807) is 6.26 Å². The zero-order chi connectivity index (χ0) is 14.1. The van der Waals surface area contributed by atoms with Crippen LogP contribution >= 0.6 is 0 Å². The first-order chi connectivity index (χ1) is 9.21. The molecule has 0 spiro atoms. The fraction of sp³-hybridized carbons (Fsp3) is 0.643. The van der Waals surface area contributed by atoms with Crippen molar-refractivity contribution >= 4 is 5.91 Å². The van der Waals surface area contributed by atoms with Crippen LogP contribution in [-0.4, -0.2) is 36.5 Å². The molecule has 19 heavy (non-hydrogen) atoms. The number of nitrogens with two attached hydrogens (primary N) is 1. The van der Waals surface area contributed by atoms with Crippen LogP contribution in [0.25, 0.3) is 0 Å². The highest BCUT2D eigenvalue weighted by molar-refractivity contribution is 5.76. The minimum absolute atomic E-state index is 0.0481. The quantitative estimate of drug-likeness (QED) is 0.708. The molecule has 1 aromatic rings. The smallest absolute Gasteiger partial charge is 0.221 e. The number of hydrogen-bond donors (Lipinski definition) is 2. The molecule has 1 heterocycles. The van der Waals surface area contributed by atoms with E-state index in [-0.39, 0.29) is 11.9 Å². The third kappa shape index (κ3) is 5.44. The summed E-state index contributed by atoms with van der Waals surface area (Å²) in [5, 5.41) is 2.89. The molecule has 0 bridgehead atoms. The van der Waals surface area contributed by atoms with E-state index in [0.717, 1.165) is 25.3 Å². The van der Waals surface area contributed by atoms with E-state index in [9.17, 15) is 4.79 Å². The number of hydrogen-bond acceptors (Lipinski definition) is 4. The predicted octanol–water partition coefficient (Wildman–Crippen LogP) is 1.35. The van der Waals surface area contributed by atoms with E-state index in [1.165, 1.54) is 0 Å². The monoisotopic (exact) mass is 267 g/mol. The van der Waals surface area contributed by atoms with Gasteiger partial charge in [-0.1, -0.05) is 13.8 Å². The molecule has 1 atom stereocenters. The van der Waals surface area contributed by atoms with Gasteiger partial charge in [-0.15, -0.1) is 0 Å². The molecule has 0 aliphatic heterocycles. The summed E-state index contributed by atoms with van der Waals surface area (Å²) >= 11 is 0. The van der Waals surface area contributed by atoms with E-state index in [0.29, 0.717) is 19.5 Å². The number of furan rings is 1. The second-order valence-electron chi connectivity index (χ2n) is 4.59. The van der Waals surface area contributed by atoms with Crippen LogP contribution in [0.4, 0.5) is 0 Å². The van der Waals surface area contributed by atoms with Crippen molar-refractivity contribution in [2.45, 2.75) is 39.3 Å². The Morgan fingerprint density at radius 2 is 2.32 bits per heavy atom. The number of nitrogens with zero attached hydrogens (tertiary/aromatic N) is 1. The van der Waals surface area contributed by atoms with Crippen LogP contribution in [0.1, 0.15) is 32.4 Å². The largest absolute Gasteiger partial charge is 0.468 e. The molecule has 5 heteroatoms. The van der Waals surface area contributed by atoms with Crippen LogP contribution in [0.5, 0.6) is 0 Å². The van der Waals surface area contributed by atoms with Crippen molar-refractivity contribution in [3.63, 3.8) is 0 Å². The summed E-state index contributed by atoms with van der Waals surface area (Å²) in [6.45, 7) is 6.82. The minimum atomic E-state index is 0.0481. The average molecular weight is 267 g/mol. The van der Waals surface area contributed by atoms with Crippen molar-refractivity contribution in [3.8, 4) is 0 Å². The van der Waals surface area contributed by atoms with Gasteiger partial charge in [0.05, 0.1) is 12.8 Å². The molecule has 0 fully saturated rings. The first kappa shape index (κ1) is 15.7. The van der Waals surface area contributed by atoms with Crippen molar-refractivity contribution in [2.24, 2.45) is 5.73 Å². The SMILES string of the molecule is CCCNC(=O)CC(CN)N(CC)Cc1ccco1. The van der Waals surface area contributed by atoms with E-state index in [1.807, 2.05) is 19.1 Å². The highest BCUT2D eigenvalue weighted by Crippen LogP contribution is 2.10. The van der Waals surface area contributed by atoms with Crippen LogP contribution in [-0.2, 0) is 11.3 Å². The van der Waals surface area contributed by atoms with Crippen molar-refractivity contribution in [1.82, 2.24) is 10.2 Å². The third-order valence-electron chi connectivity index (χ3n) is 3.13. The number of amides is 1. The summed E-state index contributed by atoms with van der Waals surface area (Å²) in [5.41, 5.74) is 5.80. The Kier molecular flexibility index (Phi) is 7.22. The zero-order valence-corrected chi connectivity index (χ0v) is 11.9. The van der Waals surface area contributed by atoms with E-state index < -0.39 is 0 Å². The lowest BCUT2D eigenvalue weighted by Crippen LogP contribution is -2.43. The van der Waals surface area contributed by atoms with Crippen LogP contribution < -0.4 is 11.1 Å². The molecule has 3 N–H and O–H groups in total. The number of likely N-dealkylation sites (N-methyl/N-ethyl adjacent to an activating group) is 1.